The van der Waals surface area contributed by atoms with Gasteiger partial charge in [-0.2, -0.15) is 0 Å². The van der Waals surface area contributed by atoms with Crippen LogP contribution in [0.5, 0.6) is 5.75 Å². The molecule has 1 aromatic heterocycles. The van der Waals surface area contributed by atoms with Crippen LogP contribution < -0.4 is 4.74 Å². The topological polar surface area (TPSA) is 83.0 Å². The van der Waals surface area contributed by atoms with E-state index in [2.05, 4.69) is 11.1 Å². The number of ether oxygens (including phenoxy) is 1. The third kappa shape index (κ3) is 5.63. The molecule has 0 unspecified atom stereocenters. The second-order valence-electron chi connectivity index (χ2n) is 9.24. The number of aliphatic hydroxyl groups excluding tert-OH is 1. The summed E-state index contributed by atoms with van der Waals surface area (Å²) in [4.78, 5) is 33.8. The largest absolute Gasteiger partial charge is 0.507 e. The van der Waals surface area contributed by atoms with Crippen molar-refractivity contribution >= 4 is 17.4 Å². The smallest absolute Gasteiger partial charge is 0.295 e. The lowest BCUT2D eigenvalue weighted by molar-refractivity contribution is -0.139. The molecule has 186 valence electrons. The molecule has 7 nitrogen and oxygen atoms in total. The van der Waals surface area contributed by atoms with Crippen molar-refractivity contribution in [2.45, 2.75) is 26.0 Å². The number of hydrogen-bond acceptors (Lipinski definition) is 6. The number of rotatable bonds is 9. The predicted octanol–water partition coefficient (Wildman–Crippen LogP) is 4.34. The molecular formula is C29H31N3O4. The number of likely N-dealkylation sites (tertiary alicyclic amines) is 1. The normalized spacial score (nSPS) is 17.1. The van der Waals surface area contributed by atoms with E-state index in [1.54, 1.807) is 42.7 Å². The van der Waals surface area contributed by atoms with Gasteiger partial charge in [0.25, 0.3) is 11.7 Å². The monoisotopic (exact) mass is 485 g/mol. The summed E-state index contributed by atoms with van der Waals surface area (Å²) in [5, 5.41) is 11.2. The van der Waals surface area contributed by atoms with Crippen molar-refractivity contribution in [1.82, 2.24) is 14.8 Å². The molecule has 1 aliphatic heterocycles. The first-order valence-electron chi connectivity index (χ1n) is 12.0. The van der Waals surface area contributed by atoms with Crippen LogP contribution in [0.4, 0.5) is 0 Å². The van der Waals surface area contributed by atoms with Crippen LogP contribution in [0.25, 0.3) is 5.76 Å². The molecule has 36 heavy (non-hydrogen) atoms. The zero-order valence-electron chi connectivity index (χ0n) is 20.8. The highest BCUT2D eigenvalue weighted by atomic mass is 16.5. The molecule has 7 heteroatoms. The van der Waals surface area contributed by atoms with Gasteiger partial charge in [-0.1, -0.05) is 35.9 Å². The molecule has 0 bridgehead atoms. The molecule has 4 rings (SSSR count). The summed E-state index contributed by atoms with van der Waals surface area (Å²) >= 11 is 0. The van der Waals surface area contributed by atoms with Gasteiger partial charge in [0.1, 0.15) is 18.1 Å². The highest BCUT2D eigenvalue weighted by Crippen LogP contribution is 2.39. The lowest BCUT2D eigenvalue weighted by atomic mass is 9.96. The Morgan fingerprint density at radius 2 is 1.86 bits per heavy atom. The molecule has 0 spiro atoms. The fourth-order valence-electron chi connectivity index (χ4n) is 4.39. The third-order valence-corrected chi connectivity index (χ3v) is 6.16. The van der Waals surface area contributed by atoms with Gasteiger partial charge in [-0.3, -0.25) is 14.6 Å². The van der Waals surface area contributed by atoms with E-state index in [1.165, 1.54) is 4.90 Å². The fraction of sp³-hybridized carbons (Fsp3) is 0.276. The quantitative estimate of drug-likeness (QED) is 0.276. The van der Waals surface area contributed by atoms with Crippen LogP contribution in [-0.4, -0.2) is 58.8 Å². The maximum atomic E-state index is 13.1. The number of pyridine rings is 1. The van der Waals surface area contributed by atoms with Crippen molar-refractivity contribution < 1.29 is 19.4 Å². The SMILES string of the molecule is Cc1cccc(COc2ccc(C(O)=C3C(=O)C(=O)N(CCCN(C)C)[C@H]3c3cccnc3)cc2)c1. The van der Waals surface area contributed by atoms with E-state index < -0.39 is 17.7 Å². The Balaban J connectivity index is 1.60. The van der Waals surface area contributed by atoms with E-state index in [9.17, 15) is 14.7 Å². The van der Waals surface area contributed by atoms with Crippen LogP contribution in [0.3, 0.4) is 0 Å². The number of aryl methyl sites for hydroxylation is 1. The Morgan fingerprint density at radius 1 is 1.08 bits per heavy atom. The minimum atomic E-state index is -0.696. The number of aliphatic hydroxyl groups is 1. The zero-order chi connectivity index (χ0) is 25.7. The molecule has 0 aliphatic carbocycles. The summed E-state index contributed by atoms with van der Waals surface area (Å²) in [6.07, 6.45) is 3.96. The fourth-order valence-corrected chi connectivity index (χ4v) is 4.39. The van der Waals surface area contributed by atoms with Gasteiger partial charge in [0.2, 0.25) is 0 Å². The molecule has 1 saturated heterocycles. The Hall–Kier alpha value is -3.97. The number of carbonyl (C=O) groups excluding carboxylic acids is 2. The van der Waals surface area contributed by atoms with Crippen LogP contribution in [0.2, 0.25) is 0 Å². The van der Waals surface area contributed by atoms with Crippen LogP contribution in [-0.2, 0) is 16.2 Å². The Kier molecular flexibility index (Phi) is 7.80. The predicted molar refractivity (Wildman–Crippen MR) is 138 cm³/mol. The van der Waals surface area contributed by atoms with Crippen LogP contribution in [0.15, 0.2) is 78.6 Å². The first kappa shape index (κ1) is 25.1. The van der Waals surface area contributed by atoms with Gasteiger partial charge in [-0.15, -0.1) is 0 Å². The number of nitrogens with zero attached hydrogens (tertiary/aromatic N) is 3. The summed E-state index contributed by atoms with van der Waals surface area (Å²) < 4.78 is 5.88. The molecule has 2 aromatic carbocycles. The van der Waals surface area contributed by atoms with E-state index in [4.69, 9.17) is 4.74 Å². The van der Waals surface area contributed by atoms with Crippen molar-refractivity contribution in [2.75, 3.05) is 27.2 Å². The number of Topliss-reactive ketones (excluding diaryl/α,β-unsaturated/α-hetero) is 1. The number of aromatic nitrogens is 1. The second-order valence-corrected chi connectivity index (χ2v) is 9.24. The van der Waals surface area contributed by atoms with E-state index >= 15 is 0 Å². The van der Waals surface area contributed by atoms with Crippen molar-refractivity contribution in [1.29, 1.82) is 0 Å². The number of carbonyl (C=O) groups is 2. The Bertz CT molecular complexity index is 1250. The highest BCUT2D eigenvalue weighted by Gasteiger charge is 2.45. The molecule has 1 aliphatic rings. The van der Waals surface area contributed by atoms with Crippen LogP contribution in [0.1, 0.15) is 34.7 Å². The van der Waals surface area contributed by atoms with Gasteiger partial charge in [-0.25, -0.2) is 0 Å². The average Bonchev–Trinajstić information content (AvgIpc) is 3.13. The summed E-state index contributed by atoms with van der Waals surface area (Å²) in [6, 6.07) is 17.9. The highest BCUT2D eigenvalue weighted by molar-refractivity contribution is 6.46. The summed E-state index contributed by atoms with van der Waals surface area (Å²) in [7, 11) is 3.92. The minimum Gasteiger partial charge on any atom is -0.507 e. The summed E-state index contributed by atoms with van der Waals surface area (Å²) in [6.45, 7) is 3.62. The molecule has 1 amide bonds. The third-order valence-electron chi connectivity index (χ3n) is 6.16. The molecule has 3 aromatic rings. The second kappa shape index (κ2) is 11.2. The lowest BCUT2D eigenvalue weighted by Crippen LogP contribution is -2.32. The van der Waals surface area contributed by atoms with E-state index in [1.807, 2.05) is 50.2 Å². The maximum absolute atomic E-state index is 13.1. The van der Waals surface area contributed by atoms with Crippen LogP contribution in [0, 0.1) is 6.92 Å². The van der Waals surface area contributed by atoms with Gasteiger partial charge >= 0.3 is 0 Å². The molecule has 0 radical (unpaired) electrons. The summed E-state index contributed by atoms with van der Waals surface area (Å²) in [5.41, 5.74) is 3.43. The minimum absolute atomic E-state index is 0.0753. The maximum Gasteiger partial charge on any atom is 0.295 e. The molecule has 1 N–H and O–H groups in total. The van der Waals surface area contributed by atoms with Gasteiger partial charge in [0, 0.05) is 24.5 Å². The lowest BCUT2D eigenvalue weighted by Gasteiger charge is -2.25. The average molecular weight is 486 g/mol. The van der Waals surface area contributed by atoms with E-state index in [-0.39, 0.29) is 11.3 Å². The van der Waals surface area contributed by atoms with Gasteiger partial charge in [-0.05, 0) is 75.4 Å². The molecule has 1 atom stereocenters. The summed E-state index contributed by atoms with van der Waals surface area (Å²) in [5.74, 6) is -0.864. The molecule has 0 saturated carbocycles. The Labute approximate surface area is 211 Å². The number of amides is 1. The van der Waals surface area contributed by atoms with E-state index in [0.29, 0.717) is 36.4 Å². The number of benzene rings is 2. The van der Waals surface area contributed by atoms with E-state index in [0.717, 1.165) is 17.7 Å². The molecule has 2 heterocycles. The van der Waals surface area contributed by atoms with Crippen molar-refractivity contribution in [3.05, 3.63) is 101 Å². The van der Waals surface area contributed by atoms with Crippen molar-refractivity contribution in [3.8, 4) is 5.75 Å². The van der Waals surface area contributed by atoms with Crippen LogP contribution >= 0.6 is 0 Å². The zero-order valence-corrected chi connectivity index (χ0v) is 20.8. The number of hydrogen-bond donors (Lipinski definition) is 1. The van der Waals surface area contributed by atoms with Gasteiger partial charge < -0.3 is 19.6 Å². The number of ketones is 1. The molecule has 1 fully saturated rings. The van der Waals surface area contributed by atoms with Crippen molar-refractivity contribution in [2.24, 2.45) is 0 Å². The van der Waals surface area contributed by atoms with Crippen molar-refractivity contribution in [3.63, 3.8) is 0 Å². The molecular weight excluding hydrogens is 454 g/mol. The van der Waals surface area contributed by atoms with Gasteiger partial charge in [0.15, 0.2) is 0 Å². The van der Waals surface area contributed by atoms with Gasteiger partial charge in [0.05, 0.1) is 11.6 Å². The first-order chi connectivity index (χ1) is 17.3. The first-order valence-corrected chi connectivity index (χ1v) is 12.0. The Morgan fingerprint density at radius 3 is 2.53 bits per heavy atom. The standard InChI is InChI=1S/C29H31N3O4/c1-20-7-4-8-21(17-20)19-36-24-12-10-22(11-13-24)27(33)25-26(23-9-5-14-30-18-23)32(29(35)28(25)34)16-6-15-31(2)3/h4-5,7-14,17-18,26,33H,6,15-16,19H2,1-3H3/t26-/m0/s1.